The summed E-state index contributed by atoms with van der Waals surface area (Å²) in [7, 11) is -0.715. The van der Waals surface area contributed by atoms with Crippen molar-refractivity contribution < 1.29 is 18.3 Å². The van der Waals surface area contributed by atoms with E-state index in [0.29, 0.717) is 29.8 Å². The number of aryl methyl sites for hydroxylation is 2. The van der Waals surface area contributed by atoms with E-state index in [4.69, 9.17) is 0 Å². The molecule has 0 aliphatic carbocycles. The molecule has 1 atom stereocenters. The van der Waals surface area contributed by atoms with Crippen LogP contribution in [0.1, 0.15) is 39.6 Å². The van der Waals surface area contributed by atoms with E-state index in [0.717, 1.165) is 15.4 Å². The number of anilines is 1. The summed E-state index contributed by atoms with van der Waals surface area (Å²) in [6, 6.07) is 10.3. The number of nitrogens with zero attached hydrogens (tertiary/aromatic N) is 2. The van der Waals surface area contributed by atoms with Crippen molar-refractivity contribution in [3.63, 3.8) is 0 Å². The van der Waals surface area contributed by atoms with E-state index in [-0.39, 0.29) is 10.8 Å². The number of hydrogen-bond acceptors (Lipinski definition) is 4. The van der Waals surface area contributed by atoms with Crippen LogP contribution in [0.2, 0.25) is 0 Å². The lowest BCUT2D eigenvalue weighted by molar-refractivity contribution is 0.0970. The quantitative estimate of drug-likeness (QED) is 0.877. The van der Waals surface area contributed by atoms with E-state index >= 15 is 0 Å². The number of hydrogen-bond donors (Lipinski definition) is 1. The standard InChI is InChI=1S/C20H24N2O4S/c1-13-8-9-15(12-18(13)27(25,26)21(3)4)20(24)22-11-10-17(23)16-7-5-6-14(2)19(16)22/h5-9,12,17,23H,10-11H2,1-4H3. The van der Waals surface area contributed by atoms with Crippen molar-refractivity contribution >= 4 is 21.6 Å². The highest BCUT2D eigenvalue weighted by atomic mass is 32.2. The van der Waals surface area contributed by atoms with Crippen LogP contribution in [0, 0.1) is 13.8 Å². The molecule has 0 saturated carbocycles. The van der Waals surface area contributed by atoms with Gasteiger partial charge in [-0.2, -0.15) is 0 Å². The lowest BCUT2D eigenvalue weighted by Gasteiger charge is -2.33. The number of aliphatic hydroxyl groups is 1. The second-order valence-corrected chi connectivity index (χ2v) is 9.16. The molecule has 6 nitrogen and oxygen atoms in total. The number of fused-ring (bicyclic) bond motifs is 1. The molecule has 0 fully saturated rings. The highest BCUT2D eigenvalue weighted by molar-refractivity contribution is 7.89. The summed E-state index contributed by atoms with van der Waals surface area (Å²) in [5.74, 6) is -0.271. The summed E-state index contributed by atoms with van der Waals surface area (Å²) in [5, 5.41) is 10.3. The fraction of sp³-hybridized carbons (Fsp3) is 0.350. The maximum atomic E-state index is 13.2. The molecule has 1 N–H and O–H groups in total. The monoisotopic (exact) mass is 388 g/mol. The molecular weight excluding hydrogens is 364 g/mol. The molecule has 1 aliphatic heterocycles. The number of sulfonamides is 1. The van der Waals surface area contributed by atoms with Crippen LogP contribution >= 0.6 is 0 Å². The first-order valence-electron chi connectivity index (χ1n) is 8.77. The molecule has 27 heavy (non-hydrogen) atoms. The van der Waals surface area contributed by atoms with Crippen molar-refractivity contribution in [1.82, 2.24) is 4.31 Å². The molecule has 1 heterocycles. The Hall–Kier alpha value is -2.22. The Morgan fingerprint density at radius 3 is 2.52 bits per heavy atom. The van der Waals surface area contributed by atoms with E-state index in [9.17, 15) is 18.3 Å². The van der Waals surface area contributed by atoms with Crippen LogP contribution < -0.4 is 4.90 Å². The number of rotatable bonds is 3. The van der Waals surface area contributed by atoms with Gasteiger partial charge in [0.05, 0.1) is 16.7 Å². The second kappa shape index (κ2) is 7.07. The normalized spacial score (nSPS) is 17.1. The molecule has 1 aliphatic rings. The van der Waals surface area contributed by atoms with Gasteiger partial charge < -0.3 is 10.0 Å². The first-order valence-corrected chi connectivity index (χ1v) is 10.2. The van der Waals surface area contributed by atoms with Crippen molar-refractivity contribution in [2.45, 2.75) is 31.3 Å². The lowest BCUT2D eigenvalue weighted by Crippen LogP contribution is -2.37. The van der Waals surface area contributed by atoms with E-state index in [2.05, 4.69) is 0 Å². The van der Waals surface area contributed by atoms with Gasteiger partial charge in [-0.05, 0) is 43.5 Å². The summed E-state index contributed by atoms with van der Waals surface area (Å²) >= 11 is 0. The summed E-state index contributed by atoms with van der Waals surface area (Å²) in [6.07, 6.45) is -0.164. The molecule has 144 valence electrons. The van der Waals surface area contributed by atoms with E-state index in [1.165, 1.54) is 20.2 Å². The van der Waals surface area contributed by atoms with Gasteiger partial charge in [0, 0.05) is 31.8 Å². The summed E-state index contributed by atoms with van der Waals surface area (Å²) in [5.41, 5.74) is 3.23. The Bertz CT molecular complexity index is 999. The van der Waals surface area contributed by atoms with E-state index in [1.54, 1.807) is 24.0 Å². The van der Waals surface area contributed by atoms with Crippen LogP contribution in [0.3, 0.4) is 0 Å². The number of carbonyl (C=O) groups excluding carboxylic acids is 1. The van der Waals surface area contributed by atoms with Gasteiger partial charge in [-0.15, -0.1) is 0 Å². The molecule has 0 spiro atoms. The molecule has 0 radical (unpaired) electrons. The molecule has 0 bridgehead atoms. The predicted molar refractivity (Wildman–Crippen MR) is 104 cm³/mol. The zero-order valence-corrected chi connectivity index (χ0v) is 16.7. The van der Waals surface area contributed by atoms with Crippen molar-refractivity contribution in [3.05, 3.63) is 58.7 Å². The third-order valence-corrected chi connectivity index (χ3v) is 6.92. The largest absolute Gasteiger partial charge is 0.388 e. The van der Waals surface area contributed by atoms with Crippen molar-refractivity contribution in [3.8, 4) is 0 Å². The first-order chi connectivity index (χ1) is 12.6. The molecular formula is C20H24N2O4S. The summed E-state index contributed by atoms with van der Waals surface area (Å²) in [6.45, 7) is 3.98. The topological polar surface area (TPSA) is 77.9 Å². The molecule has 1 amide bonds. The average Bonchev–Trinajstić information content (AvgIpc) is 2.62. The molecule has 0 saturated heterocycles. The Morgan fingerprint density at radius 2 is 1.85 bits per heavy atom. The van der Waals surface area contributed by atoms with Crippen molar-refractivity contribution in [2.75, 3.05) is 25.5 Å². The Labute approximate surface area is 160 Å². The highest BCUT2D eigenvalue weighted by Crippen LogP contribution is 2.37. The Balaban J connectivity index is 2.08. The summed E-state index contributed by atoms with van der Waals surface area (Å²) in [4.78, 5) is 15.0. The third kappa shape index (κ3) is 3.38. The van der Waals surface area contributed by atoms with Gasteiger partial charge >= 0.3 is 0 Å². The Kier molecular flexibility index (Phi) is 5.12. The minimum absolute atomic E-state index is 0.125. The van der Waals surface area contributed by atoms with Gasteiger partial charge in [0.15, 0.2) is 0 Å². The van der Waals surface area contributed by atoms with Crippen LogP contribution in [0.25, 0.3) is 0 Å². The van der Waals surface area contributed by atoms with Gasteiger partial charge in [-0.3, -0.25) is 4.79 Å². The molecule has 1 unspecified atom stereocenters. The van der Waals surface area contributed by atoms with Gasteiger partial charge in [0.2, 0.25) is 10.0 Å². The maximum Gasteiger partial charge on any atom is 0.258 e. The third-order valence-electron chi connectivity index (χ3n) is 4.96. The number of carbonyl (C=O) groups is 1. The first kappa shape index (κ1) is 19.5. The zero-order chi connectivity index (χ0) is 19.9. The maximum absolute atomic E-state index is 13.2. The average molecular weight is 388 g/mol. The highest BCUT2D eigenvalue weighted by Gasteiger charge is 2.30. The van der Waals surface area contributed by atoms with Crippen LogP contribution in [0.5, 0.6) is 0 Å². The second-order valence-electron chi connectivity index (χ2n) is 7.04. The number of para-hydroxylation sites is 1. The van der Waals surface area contributed by atoms with Gasteiger partial charge in [0.25, 0.3) is 5.91 Å². The van der Waals surface area contributed by atoms with Gasteiger partial charge in [0.1, 0.15) is 0 Å². The van der Waals surface area contributed by atoms with Crippen LogP contribution in [-0.4, -0.2) is 44.4 Å². The van der Waals surface area contributed by atoms with E-state index < -0.39 is 16.1 Å². The number of benzene rings is 2. The minimum atomic E-state index is -3.65. The minimum Gasteiger partial charge on any atom is -0.388 e. The SMILES string of the molecule is Cc1ccc(C(=O)N2CCC(O)c3cccc(C)c32)cc1S(=O)(=O)N(C)C. The molecule has 0 aromatic heterocycles. The zero-order valence-electron chi connectivity index (χ0n) is 15.9. The number of amides is 1. The van der Waals surface area contributed by atoms with Crippen LogP contribution in [-0.2, 0) is 10.0 Å². The molecule has 2 aromatic rings. The van der Waals surface area contributed by atoms with Crippen LogP contribution in [0.15, 0.2) is 41.3 Å². The lowest BCUT2D eigenvalue weighted by atomic mass is 9.95. The number of aliphatic hydroxyl groups excluding tert-OH is 1. The van der Waals surface area contributed by atoms with Gasteiger partial charge in [-0.25, -0.2) is 12.7 Å². The Morgan fingerprint density at radius 1 is 1.15 bits per heavy atom. The fourth-order valence-electron chi connectivity index (χ4n) is 3.40. The smallest absolute Gasteiger partial charge is 0.258 e. The molecule has 2 aromatic carbocycles. The van der Waals surface area contributed by atoms with Gasteiger partial charge in [-0.1, -0.05) is 24.3 Å². The van der Waals surface area contributed by atoms with Crippen LogP contribution in [0.4, 0.5) is 5.69 Å². The van der Waals surface area contributed by atoms with E-state index in [1.807, 2.05) is 25.1 Å². The van der Waals surface area contributed by atoms with Crippen molar-refractivity contribution in [1.29, 1.82) is 0 Å². The predicted octanol–water partition coefficient (Wildman–Crippen LogP) is 2.64. The molecule has 7 heteroatoms. The molecule has 3 rings (SSSR count). The van der Waals surface area contributed by atoms with Crippen molar-refractivity contribution in [2.24, 2.45) is 0 Å². The summed E-state index contributed by atoms with van der Waals surface area (Å²) < 4.78 is 26.3. The fourth-order valence-corrected chi connectivity index (χ4v) is 4.55.